The predicted octanol–water partition coefficient (Wildman–Crippen LogP) is 1.59. The molecule has 2 aromatic rings. The molecule has 1 aromatic heterocycles. The Bertz CT molecular complexity index is 597. The van der Waals surface area contributed by atoms with Gasteiger partial charge in [0.25, 0.3) is 5.91 Å². The van der Waals surface area contributed by atoms with Crippen molar-refractivity contribution in [2.24, 2.45) is 0 Å². The van der Waals surface area contributed by atoms with E-state index in [1.807, 2.05) is 0 Å². The molecule has 100 valence electrons. The van der Waals surface area contributed by atoms with Crippen molar-refractivity contribution in [3.63, 3.8) is 0 Å². The third-order valence-corrected chi connectivity index (χ3v) is 2.79. The van der Waals surface area contributed by atoms with Gasteiger partial charge in [-0.1, -0.05) is 16.8 Å². The molecule has 6 nitrogen and oxygen atoms in total. The Morgan fingerprint density at radius 2 is 2.32 bits per heavy atom. The highest BCUT2D eigenvalue weighted by molar-refractivity contribution is 6.33. The van der Waals surface area contributed by atoms with Gasteiger partial charge in [0.1, 0.15) is 0 Å². The summed E-state index contributed by atoms with van der Waals surface area (Å²) in [5, 5.41) is 6.84. The summed E-state index contributed by atoms with van der Waals surface area (Å²) in [4.78, 5) is 15.9. The Kier molecular flexibility index (Phi) is 4.01. The van der Waals surface area contributed by atoms with Gasteiger partial charge in [-0.25, -0.2) is 0 Å². The molecule has 0 aliphatic heterocycles. The topological polar surface area (TPSA) is 94.0 Å². The number of carbonyl (C=O) groups is 1. The molecule has 0 spiro atoms. The number of hydrogen-bond donors (Lipinski definition) is 2. The van der Waals surface area contributed by atoms with Crippen LogP contribution in [-0.2, 0) is 6.42 Å². The van der Waals surface area contributed by atoms with Crippen LogP contribution < -0.4 is 11.1 Å². The Labute approximate surface area is 114 Å². The first-order valence-corrected chi connectivity index (χ1v) is 6.06. The summed E-state index contributed by atoms with van der Waals surface area (Å²) in [7, 11) is 0. The number of aromatic nitrogens is 2. The predicted molar refractivity (Wildman–Crippen MR) is 70.9 cm³/mol. The van der Waals surface area contributed by atoms with Crippen molar-refractivity contribution in [1.29, 1.82) is 0 Å². The molecule has 0 unspecified atom stereocenters. The van der Waals surface area contributed by atoms with Gasteiger partial charge in [0.15, 0.2) is 5.82 Å². The quantitative estimate of drug-likeness (QED) is 0.829. The Morgan fingerprint density at radius 1 is 1.53 bits per heavy atom. The van der Waals surface area contributed by atoms with Crippen LogP contribution in [0.3, 0.4) is 0 Å². The van der Waals surface area contributed by atoms with Gasteiger partial charge in [0.05, 0.1) is 10.7 Å². The highest BCUT2D eigenvalue weighted by atomic mass is 35.5. The minimum Gasteiger partial charge on any atom is -0.398 e. The third-order valence-electron chi connectivity index (χ3n) is 2.47. The summed E-state index contributed by atoms with van der Waals surface area (Å²) in [5.41, 5.74) is 6.48. The zero-order valence-corrected chi connectivity index (χ0v) is 11.1. The molecule has 0 saturated carbocycles. The van der Waals surface area contributed by atoms with Crippen LogP contribution in [0.25, 0.3) is 0 Å². The summed E-state index contributed by atoms with van der Waals surface area (Å²) in [5.74, 6) is 0.849. The average molecular weight is 281 g/mol. The number of nitrogens with one attached hydrogen (secondary N) is 1. The summed E-state index contributed by atoms with van der Waals surface area (Å²) in [6.07, 6.45) is 0.506. The maximum Gasteiger partial charge on any atom is 0.251 e. The van der Waals surface area contributed by atoms with Gasteiger partial charge in [-0.3, -0.25) is 4.79 Å². The lowest BCUT2D eigenvalue weighted by Crippen LogP contribution is -2.26. The Balaban J connectivity index is 1.89. The number of benzene rings is 1. The van der Waals surface area contributed by atoms with Gasteiger partial charge < -0.3 is 15.6 Å². The third kappa shape index (κ3) is 3.45. The van der Waals surface area contributed by atoms with Crippen molar-refractivity contribution in [2.45, 2.75) is 13.3 Å². The van der Waals surface area contributed by atoms with E-state index in [0.717, 1.165) is 0 Å². The van der Waals surface area contributed by atoms with Crippen LogP contribution in [-0.4, -0.2) is 22.6 Å². The number of nitrogen functional groups attached to an aromatic ring is 1. The van der Waals surface area contributed by atoms with Crippen molar-refractivity contribution < 1.29 is 9.32 Å². The van der Waals surface area contributed by atoms with Crippen LogP contribution >= 0.6 is 11.6 Å². The number of nitrogens with zero attached hydrogens (tertiary/aromatic N) is 2. The van der Waals surface area contributed by atoms with E-state index in [0.29, 0.717) is 41.0 Å². The molecule has 0 saturated heterocycles. The molecule has 0 bridgehead atoms. The monoisotopic (exact) mass is 280 g/mol. The molecule has 3 N–H and O–H groups in total. The number of amides is 1. The lowest BCUT2D eigenvalue weighted by molar-refractivity contribution is 0.0954. The lowest BCUT2D eigenvalue weighted by atomic mass is 10.2. The summed E-state index contributed by atoms with van der Waals surface area (Å²) < 4.78 is 4.83. The van der Waals surface area contributed by atoms with Crippen LogP contribution in [0, 0.1) is 6.92 Å². The van der Waals surface area contributed by atoms with E-state index in [4.69, 9.17) is 21.9 Å². The maximum atomic E-state index is 11.8. The SMILES string of the molecule is Cc1nc(CCNC(=O)c2ccc(N)c(Cl)c2)no1. The zero-order valence-electron chi connectivity index (χ0n) is 10.3. The van der Waals surface area contributed by atoms with Crippen LogP contribution in [0.2, 0.25) is 5.02 Å². The lowest BCUT2D eigenvalue weighted by Gasteiger charge is -2.05. The van der Waals surface area contributed by atoms with E-state index in [2.05, 4.69) is 15.5 Å². The largest absolute Gasteiger partial charge is 0.398 e. The normalized spacial score (nSPS) is 10.4. The van der Waals surface area contributed by atoms with E-state index >= 15 is 0 Å². The van der Waals surface area contributed by atoms with E-state index in [1.54, 1.807) is 19.1 Å². The molecule has 19 heavy (non-hydrogen) atoms. The Morgan fingerprint density at radius 3 is 2.95 bits per heavy atom. The minimum atomic E-state index is -0.220. The molecule has 1 aromatic carbocycles. The molecule has 1 amide bonds. The fourth-order valence-corrected chi connectivity index (χ4v) is 1.68. The van der Waals surface area contributed by atoms with Crippen LogP contribution in [0.15, 0.2) is 22.7 Å². The second kappa shape index (κ2) is 5.71. The standard InChI is InChI=1S/C12H13ClN4O2/c1-7-16-11(17-19-7)4-5-15-12(18)8-2-3-10(14)9(13)6-8/h2-3,6H,4-5,14H2,1H3,(H,15,18). The van der Waals surface area contributed by atoms with Crippen molar-refractivity contribution in [2.75, 3.05) is 12.3 Å². The maximum absolute atomic E-state index is 11.8. The fraction of sp³-hybridized carbons (Fsp3) is 0.250. The van der Waals surface area contributed by atoms with Crippen molar-refractivity contribution in [1.82, 2.24) is 15.5 Å². The number of halogens is 1. The van der Waals surface area contributed by atoms with Gasteiger partial charge in [-0.15, -0.1) is 0 Å². The molecule has 0 atom stereocenters. The fourth-order valence-electron chi connectivity index (χ4n) is 1.50. The van der Waals surface area contributed by atoms with Gasteiger partial charge in [-0.05, 0) is 18.2 Å². The Hall–Kier alpha value is -2.08. The molecule has 0 aliphatic rings. The van der Waals surface area contributed by atoms with E-state index in [1.165, 1.54) is 6.07 Å². The number of aryl methyl sites for hydroxylation is 1. The summed E-state index contributed by atoms with van der Waals surface area (Å²) in [6, 6.07) is 4.75. The molecule has 0 fully saturated rings. The van der Waals surface area contributed by atoms with Gasteiger partial charge in [0.2, 0.25) is 5.89 Å². The van der Waals surface area contributed by atoms with Gasteiger partial charge >= 0.3 is 0 Å². The van der Waals surface area contributed by atoms with Crippen LogP contribution in [0.1, 0.15) is 22.1 Å². The first kappa shape index (κ1) is 13.4. The van der Waals surface area contributed by atoms with E-state index in [9.17, 15) is 4.79 Å². The minimum absolute atomic E-state index is 0.220. The molecular weight excluding hydrogens is 268 g/mol. The molecule has 7 heteroatoms. The van der Waals surface area contributed by atoms with Gasteiger partial charge in [-0.2, -0.15) is 4.98 Å². The summed E-state index contributed by atoms with van der Waals surface area (Å²) in [6.45, 7) is 2.13. The van der Waals surface area contributed by atoms with Crippen molar-refractivity contribution in [3.8, 4) is 0 Å². The molecule has 0 aliphatic carbocycles. The molecule has 2 rings (SSSR count). The highest BCUT2D eigenvalue weighted by Gasteiger charge is 2.08. The number of hydrogen-bond acceptors (Lipinski definition) is 5. The summed E-state index contributed by atoms with van der Waals surface area (Å²) >= 11 is 5.85. The van der Waals surface area contributed by atoms with Crippen molar-refractivity contribution in [3.05, 3.63) is 40.5 Å². The highest BCUT2D eigenvalue weighted by Crippen LogP contribution is 2.19. The van der Waals surface area contributed by atoms with Gasteiger partial charge in [0, 0.05) is 25.5 Å². The smallest absolute Gasteiger partial charge is 0.251 e. The average Bonchev–Trinajstić information content (AvgIpc) is 2.78. The van der Waals surface area contributed by atoms with Crippen molar-refractivity contribution >= 4 is 23.2 Å². The van der Waals surface area contributed by atoms with Crippen LogP contribution in [0.5, 0.6) is 0 Å². The number of rotatable bonds is 4. The second-order valence-corrected chi connectivity index (χ2v) is 4.38. The van der Waals surface area contributed by atoms with E-state index < -0.39 is 0 Å². The number of anilines is 1. The molecule has 1 heterocycles. The number of carbonyl (C=O) groups excluding carboxylic acids is 1. The number of nitrogens with two attached hydrogens (primary N) is 1. The zero-order chi connectivity index (χ0) is 13.8. The first-order valence-electron chi connectivity index (χ1n) is 5.68. The van der Waals surface area contributed by atoms with Crippen LogP contribution in [0.4, 0.5) is 5.69 Å². The first-order chi connectivity index (χ1) is 9.06. The molecular formula is C12H13ClN4O2. The second-order valence-electron chi connectivity index (χ2n) is 3.97. The molecule has 0 radical (unpaired) electrons. The van der Waals surface area contributed by atoms with E-state index in [-0.39, 0.29) is 5.91 Å².